The molecular weight excluding hydrogens is 232 g/mol. The number of imidazole rings is 1. The Hall–Kier alpha value is -2.37. The summed E-state index contributed by atoms with van der Waals surface area (Å²) in [6.45, 7) is 2.04. The first-order valence-corrected chi connectivity index (χ1v) is 5.60. The highest BCUT2D eigenvalue weighted by atomic mass is 16.5. The minimum Gasteiger partial charge on any atom is -0.337 e. The predicted octanol–water partition coefficient (Wildman–Crippen LogP) is 1.08. The molecule has 0 spiro atoms. The summed E-state index contributed by atoms with van der Waals surface area (Å²) in [6, 6.07) is 7.62. The monoisotopic (exact) mass is 244 g/mol. The number of hydrogen-bond donors (Lipinski definition) is 0. The summed E-state index contributed by atoms with van der Waals surface area (Å²) in [5, 5.41) is 3.72. The first-order chi connectivity index (χ1) is 8.66. The number of aryl methyl sites for hydroxylation is 2. The SMILES string of the molecule is Cc1noc(Cn2c(=O)n(C)c3ccccc32)n1. The Bertz CT molecular complexity index is 766. The molecule has 0 bridgehead atoms. The zero-order chi connectivity index (χ0) is 12.7. The van der Waals surface area contributed by atoms with Crippen molar-refractivity contribution in [2.75, 3.05) is 0 Å². The van der Waals surface area contributed by atoms with E-state index in [1.54, 1.807) is 23.1 Å². The van der Waals surface area contributed by atoms with Gasteiger partial charge in [0.05, 0.1) is 11.0 Å². The Morgan fingerprint density at radius 3 is 2.67 bits per heavy atom. The van der Waals surface area contributed by atoms with Crippen molar-refractivity contribution in [3.63, 3.8) is 0 Å². The van der Waals surface area contributed by atoms with E-state index in [0.717, 1.165) is 11.0 Å². The second-order valence-electron chi connectivity index (χ2n) is 4.15. The zero-order valence-corrected chi connectivity index (χ0v) is 10.1. The molecule has 0 aliphatic carbocycles. The summed E-state index contributed by atoms with van der Waals surface area (Å²) in [6.07, 6.45) is 0. The molecule has 0 atom stereocenters. The lowest BCUT2D eigenvalue weighted by atomic mass is 10.3. The van der Waals surface area contributed by atoms with E-state index in [4.69, 9.17) is 4.52 Å². The largest absolute Gasteiger partial charge is 0.337 e. The molecule has 0 saturated heterocycles. The average Bonchev–Trinajstić information content (AvgIpc) is 2.88. The Morgan fingerprint density at radius 2 is 2.00 bits per heavy atom. The van der Waals surface area contributed by atoms with Gasteiger partial charge < -0.3 is 4.52 Å². The van der Waals surface area contributed by atoms with E-state index in [9.17, 15) is 4.79 Å². The van der Waals surface area contributed by atoms with Gasteiger partial charge in [0.15, 0.2) is 5.82 Å². The van der Waals surface area contributed by atoms with Crippen LogP contribution in [0.2, 0.25) is 0 Å². The molecule has 92 valence electrons. The third-order valence-electron chi connectivity index (χ3n) is 2.91. The maximum atomic E-state index is 12.1. The van der Waals surface area contributed by atoms with Gasteiger partial charge in [-0.2, -0.15) is 4.98 Å². The molecule has 0 fully saturated rings. The smallest absolute Gasteiger partial charge is 0.329 e. The molecule has 0 aliphatic heterocycles. The standard InChI is InChI=1S/C12H12N4O2/c1-8-13-11(18-14-8)7-16-10-6-4-3-5-9(10)15(2)12(16)17/h3-6H,7H2,1-2H3. The van der Waals surface area contributed by atoms with Crippen LogP contribution in [0.25, 0.3) is 11.0 Å². The van der Waals surface area contributed by atoms with E-state index in [0.29, 0.717) is 18.3 Å². The van der Waals surface area contributed by atoms with Crippen LogP contribution in [0.4, 0.5) is 0 Å². The van der Waals surface area contributed by atoms with Gasteiger partial charge in [0.25, 0.3) is 0 Å². The van der Waals surface area contributed by atoms with Crippen LogP contribution in [-0.2, 0) is 13.6 Å². The molecule has 0 amide bonds. The Kier molecular flexibility index (Phi) is 2.29. The third-order valence-corrected chi connectivity index (χ3v) is 2.91. The van der Waals surface area contributed by atoms with Gasteiger partial charge in [-0.1, -0.05) is 17.3 Å². The van der Waals surface area contributed by atoms with E-state index in [2.05, 4.69) is 10.1 Å². The van der Waals surface area contributed by atoms with Crippen molar-refractivity contribution >= 4 is 11.0 Å². The van der Waals surface area contributed by atoms with Crippen LogP contribution in [0.3, 0.4) is 0 Å². The number of aromatic nitrogens is 4. The molecule has 0 unspecified atom stereocenters. The van der Waals surface area contributed by atoms with Crippen LogP contribution in [0, 0.1) is 6.92 Å². The summed E-state index contributed by atoms with van der Waals surface area (Å²) in [7, 11) is 1.75. The molecular formula is C12H12N4O2. The van der Waals surface area contributed by atoms with Crippen molar-refractivity contribution in [3.05, 3.63) is 46.5 Å². The Labute approximate surface area is 102 Å². The molecule has 3 rings (SSSR count). The van der Waals surface area contributed by atoms with Crippen molar-refractivity contribution < 1.29 is 4.52 Å². The number of hydrogen-bond acceptors (Lipinski definition) is 4. The van der Waals surface area contributed by atoms with Gasteiger partial charge >= 0.3 is 5.69 Å². The van der Waals surface area contributed by atoms with E-state index >= 15 is 0 Å². The van der Waals surface area contributed by atoms with Crippen LogP contribution in [0.5, 0.6) is 0 Å². The zero-order valence-electron chi connectivity index (χ0n) is 10.1. The van der Waals surface area contributed by atoms with Crippen molar-refractivity contribution in [3.8, 4) is 0 Å². The number of para-hydroxylation sites is 2. The van der Waals surface area contributed by atoms with Crippen LogP contribution < -0.4 is 5.69 Å². The topological polar surface area (TPSA) is 65.8 Å². The second kappa shape index (κ2) is 3.83. The molecule has 6 nitrogen and oxygen atoms in total. The number of nitrogens with zero attached hydrogens (tertiary/aromatic N) is 4. The second-order valence-corrected chi connectivity index (χ2v) is 4.15. The van der Waals surface area contributed by atoms with Crippen LogP contribution in [-0.4, -0.2) is 19.3 Å². The predicted molar refractivity (Wildman–Crippen MR) is 65.3 cm³/mol. The lowest BCUT2D eigenvalue weighted by molar-refractivity contribution is 0.367. The highest BCUT2D eigenvalue weighted by Gasteiger charge is 2.12. The van der Waals surface area contributed by atoms with E-state index in [1.165, 1.54) is 0 Å². The van der Waals surface area contributed by atoms with Crippen molar-refractivity contribution in [1.29, 1.82) is 0 Å². The van der Waals surface area contributed by atoms with Gasteiger partial charge in [-0.15, -0.1) is 0 Å². The van der Waals surface area contributed by atoms with E-state index in [-0.39, 0.29) is 5.69 Å². The molecule has 6 heteroatoms. The molecule has 0 radical (unpaired) electrons. The molecule has 0 saturated carbocycles. The van der Waals surface area contributed by atoms with Crippen molar-refractivity contribution in [1.82, 2.24) is 19.3 Å². The molecule has 18 heavy (non-hydrogen) atoms. The fourth-order valence-corrected chi connectivity index (χ4v) is 2.06. The highest BCUT2D eigenvalue weighted by Crippen LogP contribution is 2.12. The minimum atomic E-state index is -0.0907. The van der Waals surface area contributed by atoms with Gasteiger partial charge in [0, 0.05) is 7.05 Å². The maximum absolute atomic E-state index is 12.1. The summed E-state index contributed by atoms with van der Waals surface area (Å²) in [5.41, 5.74) is 1.66. The van der Waals surface area contributed by atoms with Gasteiger partial charge in [-0.05, 0) is 19.1 Å². The fourth-order valence-electron chi connectivity index (χ4n) is 2.06. The lowest BCUT2D eigenvalue weighted by Gasteiger charge is -1.97. The normalized spacial score (nSPS) is 11.2. The number of rotatable bonds is 2. The van der Waals surface area contributed by atoms with Crippen molar-refractivity contribution in [2.45, 2.75) is 13.5 Å². The van der Waals surface area contributed by atoms with Gasteiger partial charge in [0.2, 0.25) is 5.89 Å². The molecule has 0 N–H and O–H groups in total. The lowest BCUT2D eigenvalue weighted by Crippen LogP contribution is -2.22. The van der Waals surface area contributed by atoms with Gasteiger partial charge in [0.1, 0.15) is 6.54 Å². The highest BCUT2D eigenvalue weighted by molar-refractivity contribution is 5.75. The molecule has 3 aromatic rings. The quantitative estimate of drug-likeness (QED) is 0.676. The van der Waals surface area contributed by atoms with Crippen LogP contribution in [0.1, 0.15) is 11.7 Å². The first kappa shape index (κ1) is 10.8. The number of fused-ring (bicyclic) bond motifs is 1. The minimum absolute atomic E-state index is 0.0907. The summed E-state index contributed by atoms with van der Waals surface area (Å²) in [5.74, 6) is 1.00. The Balaban J connectivity index is 2.17. The average molecular weight is 244 g/mol. The van der Waals surface area contributed by atoms with Crippen LogP contribution >= 0.6 is 0 Å². The summed E-state index contributed by atoms with van der Waals surface area (Å²) >= 11 is 0. The molecule has 1 aromatic carbocycles. The first-order valence-electron chi connectivity index (χ1n) is 5.60. The molecule has 2 heterocycles. The summed E-state index contributed by atoms with van der Waals surface area (Å²) < 4.78 is 8.29. The fraction of sp³-hybridized carbons (Fsp3) is 0.250. The Morgan fingerprint density at radius 1 is 1.28 bits per heavy atom. The van der Waals surface area contributed by atoms with Gasteiger partial charge in [-0.3, -0.25) is 9.13 Å². The van der Waals surface area contributed by atoms with E-state index < -0.39 is 0 Å². The third kappa shape index (κ3) is 1.54. The molecule has 0 aliphatic rings. The van der Waals surface area contributed by atoms with Gasteiger partial charge in [-0.25, -0.2) is 4.79 Å². The van der Waals surface area contributed by atoms with E-state index in [1.807, 2.05) is 24.3 Å². The number of benzene rings is 1. The van der Waals surface area contributed by atoms with Crippen molar-refractivity contribution in [2.24, 2.45) is 7.05 Å². The summed E-state index contributed by atoms with van der Waals surface area (Å²) in [4.78, 5) is 16.3. The molecule has 2 aromatic heterocycles. The maximum Gasteiger partial charge on any atom is 0.329 e. The van der Waals surface area contributed by atoms with Crippen LogP contribution in [0.15, 0.2) is 33.6 Å².